The van der Waals surface area contributed by atoms with Crippen molar-refractivity contribution in [3.05, 3.63) is 0 Å². The van der Waals surface area contributed by atoms with Gasteiger partial charge in [0.15, 0.2) is 0 Å². The Bertz CT molecular complexity index is 245. The first-order valence-corrected chi connectivity index (χ1v) is 5.60. The van der Waals surface area contributed by atoms with E-state index in [1.165, 1.54) is 19.3 Å². The van der Waals surface area contributed by atoms with Crippen molar-refractivity contribution in [1.29, 1.82) is 0 Å². The molecule has 0 aromatic rings. The first-order valence-electron chi connectivity index (χ1n) is 5.60. The molecule has 0 heterocycles. The molecule has 0 unspecified atom stereocenters. The van der Waals surface area contributed by atoms with Gasteiger partial charge in [-0.25, -0.2) is 9.59 Å². The number of nitrogens with zero attached hydrogens (tertiary/aromatic N) is 1. The van der Waals surface area contributed by atoms with Crippen LogP contribution in [0.15, 0.2) is 4.99 Å². The van der Waals surface area contributed by atoms with Crippen molar-refractivity contribution >= 4 is 17.7 Å². The van der Waals surface area contributed by atoms with E-state index in [1.807, 2.05) is 0 Å². The Morgan fingerprint density at radius 2 is 1.44 bits per heavy atom. The smallest absolute Gasteiger partial charge is 0.361 e. The third-order valence-electron chi connectivity index (χ3n) is 2.19. The summed E-state index contributed by atoms with van der Waals surface area (Å²) in [5.41, 5.74) is -0.770. The minimum Gasteiger partial charge on any atom is -0.476 e. The number of hydrogen-bond donors (Lipinski definition) is 2. The molecule has 0 saturated heterocycles. The van der Waals surface area contributed by atoms with Gasteiger partial charge in [-0.1, -0.05) is 39.0 Å². The highest BCUT2D eigenvalue weighted by Crippen LogP contribution is 2.04. The van der Waals surface area contributed by atoms with E-state index in [9.17, 15) is 9.59 Å². The molecule has 5 nitrogen and oxygen atoms in total. The highest BCUT2D eigenvalue weighted by Gasteiger charge is 2.17. The lowest BCUT2D eigenvalue weighted by Gasteiger charge is -1.98. The number of carbonyl (C=O) groups is 2. The molecule has 92 valence electrons. The van der Waals surface area contributed by atoms with Gasteiger partial charge in [-0.2, -0.15) is 0 Å². The molecule has 0 saturated carbocycles. The molecule has 0 bridgehead atoms. The second kappa shape index (κ2) is 8.88. The Labute approximate surface area is 95.2 Å². The van der Waals surface area contributed by atoms with Crippen LogP contribution in [-0.2, 0) is 9.59 Å². The van der Waals surface area contributed by atoms with Gasteiger partial charge in [0.05, 0.1) is 0 Å². The van der Waals surface area contributed by atoms with Crippen LogP contribution in [0.1, 0.15) is 45.4 Å². The quantitative estimate of drug-likeness (QED) is 0.359. The van der Waals surface area contributed by atoms with Crippen molar-refractivity contribution in [2.24, 2.45) is 4.99 Å². The van der Waals surface area contributed by atoms with E-state index in [4.69, 9.17) is 10.2 Å². The van der Waals surface area contributed by atoms with Gasteiger partial charge < -0.3 is 10.2 Å². The van der Waals surface area contributed by atoms with Gasteiger partial charge >= 0.3 is 11.9 Å². The number of hydrogen-bond acceptors (Lipinski definition) is 3. The Morgan fingerprint density at radius 1 is 0.938 bits per heavy atom. The van der Waals surface area contributed by atoms with E-state index >= 15 is 0 Å². The van der Waals surface area contributed by atoms with Crippen LogP contribution in [0, 0.1) is 0 Å². The molecule has 16 heavy (non-hydrogen) atoms. The molecule has 0 spiro atoms. The van der Waals surface area contributed by atoms with Gasteiger partial charge in [0, 0.05) is 6.54 Å². The number of rotatable bonds is 9. The van der Waals surface area contributed by atoms with Crippen LogP contribution in [0.4, 0.5) is 0 Å². The van der Waals surface area contributed by atoms with Gasteiger partial charge in [-0.15, -0.1) is 0 Å². The van der Waals surface area contributed by atoms with E-state index < -0.39 is 17.7 Å². The van der Waals surface area contributed by atoms with Crippen LogP contribution in [0.5, 0.6) is 0 Å². The molecular formula is C11H19NO4. The summed E-state index contributed by atoms with van der Waals surface area (Å²) in [5, 5.41) is 17.0. The molecule has 0 aromatic heterocycles. The van der Waals surface area contributed by atoms with Crippen molar-refractivity contribution in [3.8, 4) is 0 Å². The molecule has 5 heteroatoms. The number of aliphatic carboxylic acids is 2. The Hall–Kier alpha value is -1.39. The van der Waals surface area contributed by atoms with Crippen molar-refractivity contribution in [1.82, 2.24) is 0 Å². The van der Waals surface area contributed by atoms with Gasteiger partial charge in [0.25, 0.3) is 0 Å². The molecule has 0 atom stereocenters. The van der Waals surface area contributed by atoms with Crippen LogP contribution in [-0.4, -0.2) is 34.4 Å². The molecule has 0 rings (SSSR count). The number of carboxylic acids is 2. The topological polar surface area (TPSA) is 87.0 Å². The van der Waals surface area contributed by atoms with Crippen LogP contribution in [0.25, 0.3) is 0 Å². The predicted molar refractivity (Wildman–Crippen MR) is 60.9 cm³/mol. The molecule has 0 aliphatic rings. The summed E-state index contributed by atoms with van der Waals surface area (Å²) in [6.07, 6.45) is 6.37. The summed E-state index contributed by atoms with van der Waals surface area (Å²) in [4.78, 5) is 24.4. The Kier molecular flexibility index (Phi) is 8.11. The minimum atomic E-state index is -1.47. The van der Waals surface area contributed by atoms with Crippen molar-refractivity contribution in [2.45, 2.75) is 45.4 Å². The third-order valence-corrected chi connectivity index (χ3v) is 2.19. The van der Waals surface area contributed by atoms with Crippen LogP contribution in [0.2, 0.25) is 0 Å². The maximum Gasteiger partial charge on any atom is 0.361 e. The first-order chi connectivity index (χ1) is 7.59. The second-order valence-electron chi connectivity index (χ2n) is 3.61. The zero-order valence-electron chi connectivity index (χ0n) is 9.61. The minimum absolute atomic E-state index is 0.278. The highest BCUT2D eigenvalue weighted by atomic mass is 16.4. The Morgan fingerprint density at radius 3 is 1.94 bits per heavy atom. The lowest BCUT2D eigenvalue weighted by atomic mass is 10.1. The fourth-order valence-electron chi connectivity index (χ4n) is 1.31. The maximum absolute atomic E-state index is 10.4. The molecule has 0 amide bonds. The lowest BCUT2D eigenvalue weighted by molar-refractivity contribution is -0.134. The van der Waals surface area contributed by atoms with E-state index in [1.54, 1.807) is 0 Å². The lowest BCUT2D eigenvalue weighted by Crippen LogP contribution is -2.23. The maximum atomic E-state index is 10.4. The zero-order chi connectivity index (χ0) is 12.4. The van der Waals surface area contributed by atoms with Crippen LogP contribution in [0.3, 0.4) is 0 Å². The highest BCUT2D eigenvalue weighted by molar-refractivity contribution is 6.61. The van der Waals surface area contributed by atoms with Crippen molar-refractivity contribution < 1.29 is 19.8 Å². The number of unbranched alkanes of at least 4 members (excludes halogenated alkanes) is 5. The van der Waals surface area contributed by atoms with Crippen LogP contribution < -0.4 is 0 Å². The second-order valence-corrected chi connectivity index (χ2v) is 3.61. The van der Waals surface area contributed by atoms with Gasteiger partial charge in [-0.05, 0) is 6.42 Å². The van der Waals surface area contributed by atoms with Gasteiger partial charge in [-0.3, -0.25) is 4.99 Å². The van der Waals surface area contributed by atoms with E-state index in [2.05, 4.69) is 11.9 Å². The zero-order valence-corrected chi connectivity index (χ0v) is 9.61. The van der Waals surface area contributed by atoms with Crippen molar-refractivity contribution in [2.75, 3.05) is 6.54 Å². The summed E-state index contributed by atoms with van der Waals surface area (Å²) in [6.45, 7) is 2.41. The van der Waals surface area contributed by atoms with Crippen molar-refractivity contribution in [3.63, 3.8) is 0 Å². The third kappa shape index (κ3) is 6.98. The summed E-state index contributed by atoms with van der Waals surface area (Å²) < 4.78 is 0. The molecular weight excluding hydrogens is 210 g/mol. The first kappa shape index (κ1) is 14.6. The fraction of sp³-hybridized carbons (Fsp3) is 0.727. The average molecular weight is 229 g/mol. The molecule has 0 aliphatic carbocycles. The monoisotopic (exact) mass is 229 g/mol. The van der Waals surface area contributed by atoms with Gasteiger partial charge in [0.1, 0.15) is 0 Å². The molecule has 0 aromatic carbocycles. The summed E-state index contributed by atoms with van der Waals surface area (Å²) in [7, 11) is 0. The van der Waals surface area contributed by atoms with Gasteiger partial charge in [0.2, 0.25) is 5.71 Å². The van der Waals surface area contributed by atoms with E-state index in [0.717, 1.165) is 19.3 Å². The SMILES string of the molecule is CCCCCCCCN=C(C(=O)O)C(=O)O. The fourth-order valence-corrected chi connectivity index (χ4v) is 1.31. The molecule has 2 N–H and O–H groups in total. The summed E-state index contributed by atoms with van der Waals surface area (Å²) >= 11 is 0. The summed E-state index contributed by atoms with van der Waals surface area (Å²) in [6, 6.07) is 0. The van der Waals surface area contributed by atoms with E-state index in [-0.39, 0.29) is 6.54 Å². The standard InChI is InChI=1S/C11H19NO4/c1-2-3-4-5-6-7-8-12-9(10(13)14)11(15)16/h2-8H2,1H3,(H,13,14)(H,15,16). The number of aliphatic imine (C=N–C) groups is 1. The summed E-state index contributed by atoms with van der Waals surface area (Å²) in [5.74, 6) is -2.95. The predicted octanol–water partition coefficient (Wildman–Crippen LogP) is 1.96. The molecule has 0 radical (unpaired) electrons. The Balaban J connectivity index is 3.72. The molecule has 0 fully saturated rings. The normalized spacial score (nSPS) is 9.81. The number of carboxylic acid groups (broad SMARTS) is 2. The van der Waals surface area contributed by atoms with E-state index in [0.29, 0.717) is 0 Å². The average Bonchev–Trinajstić information content (AvgIpc) is 2.21. The molecule has 0 aliphatic heterocycles. The largest absolute Gasteiger partial charge is 0.476 e. The van der Waals surface area contributed by atoms with Crippen LogP contribution >= 0.6 is 0 Å².